The van der Waals surface area contributed by atoms with Crippen LogP contribution in [0.3, 0.4) is 0 Å². The Morgan fingerprint density at radius 2 is 1.89 bits per heavy atom. The molecule has 4 nitrogen and oxygen atoms in total. The number of fused-ring (bicyclic) bond motifs is 1. The maximum absolute atomic E-state index is 9.23. The zero-order valence-electron chi connectivity index (χ0n) is 15.6. The first-order valence-electron chi connectivity index (χ1n) is 9.73. The molecule has 1 aromatic heterocycles. The molecule has 0 radical (unpaired) electrons. The highest BCUT2D eigenvalue weighted by Gasteiger charge is 2.24. The number of hydrogen-bond acceptors (Lipinski definition) is 4. The summed E-state index contributed by atoms with van der Waals surface area (Å²) in [5.41, 5.74) is 1.28. The van der Waals surface area contributed by atoms with Crippen LogP contribution in [0.5, 0.6) is 0 Å². The molecule has 27 heavy (non-hydrogen) atoms. The average Bonchev–Trinajstić information content (AvgIpc) is 3.10. The Kier molecular flexibility index (Phi) is 5.45. The largest absolute Gasteiger partial charge is 0.303 e. The van der Waals surface area contributed by atoms with Crippen molar-refractivity contribution in [3.63, 3.8) is 0 Å². The van der Waals surface area contributed by atoms with Crippen molar-refractivity contribution in [2.75, 3.05) is 0 Å². The molecule has 1 saturated carbocycles. The van der Waals surface area contributed by atoms with Gasteiger partial charge >= 0.3 is 0 Å². The molecular weight excluding hydrogens is 352 g/mol. The van der Waals surface area contributed by atoms with Crippen molar-refractivity contribution < 1.29 is 0 Å². The molecule has 5 heteroatoms. The smallest absolute Gasteiger partial charge is 0.192 e. The minimum Gasteiger partial charge on any atom is -0.303 e. The molecule has 0 bridgehead atoms. The van der Waals surface area contributed by atoms with Crippen molar-refractivity contribution >= 4 is 22.5 Å². The van der Waals surface area contributed by atoms with E-state index in [1.54, 1.807) is 0 Å². The molecule has 0 saturated heterocycles. The zero-order chi connectivity index (χ0) is 18.6. The number of hydrogen-bond donors (Lipinski definition) is 0. The van der Waals surface area contributed by atoms with Crippen LogP contribution in [0.1, 0.15) is 56.5 Å². The zero-order valence-corrected chi connectivity index (χ0v) is 16.5. The number of nitriles is 1. The summed E-state index contributed by atoms with van der Waals surface area (Å²) in [6, 6.07) is 17.7. The summed E-state index contributed by atoms with van der Waals surface area (Å²) in [5.74, 6) is 1.02. The number of nitrogens with zero attached hydrogens (tertiary/aromatic N) is 4. The Labute approximate surface area is 164 Å². The highest BCUT2D eigenvalue weighted by molar-refractivity contribution is 8.00. The van der Waals surface area contributed by atoms with Gasteiger partial charge in [0.25, 0.3) is 0 Å². The quantitative estimate of drug-likeness (QED) is 0.549. The molecule has 1 fully saturated rings. The first-order chi connectivity index (χ1) is 13.3. The maximum Gasteiger partial charge on any atom is 0.192 e. The summed E-state index contributed by atoms with van der Waals surface area (Å²) in [7, 11) is 0. The molecule has 1 aliphatic carbocycles. The van der Waals surface area contributed by atoms with Gasteiger partial charge in [0.05, 0.1) is 11.3 Å². The number of aromatic nitrogens is 3. The maximum atomic E-state index is 9.23. The van der Waals surface area contributed by atoms with E-state index in [-0.39, 0.29) is 5.25 Å². The average molecular weight is 377 g/mol. The Morgan fingerprint density at radius 1 is 1.11 bits per heavy atom. The fraction of sp³-hybridized carbons (Fsp3) is 0.409. The fourth-order valence-corrected chi connectivity index (χ4v) is 4.84. The molecule has 138 valence electrons. The lowest BCUT2D eigenvalue weighted by Crippen LogP contribution is -2.17. The van der Waals surface area contributed by atoms with E-state index in [4.69, 9.17) is 0 Å². The van der Waals surface area contributed by atoms with E-state index < -0.39 is 0 Å². The van der Waals surface area contributed by atoms with E-state index in [1.165, 1.54) is 60.2 Å². The third-order valence-electron chi connectivity index (χ3n) is 5.37. The summed E-state index contributed by atoms with van der Waals surface area (Å²) in [6.45, 7) is 1.93. The predicted octanol–water partition coefficient (Wildman–Crippen LogP) is 5.53. The molecule has 4 rings (SSSR count). The SMILES string of the molecule is C[C@H](C#N)Sc1nnc(Cc2cccc3ccccc23)n1C1CCCCC1. The van der Waals surface area contributed by atoms with Crippen molar-refractivity contribution in [1.29, 1.82) is 5.26 Å². The van der Waals surface area contributed by atoms with Crippen LogP contribution in [-0.4, -0.2) is 20.0 Å². The molecule has 0 amide bonds. The standard InChI is InChI=1S/C22H24N4S/c1-16(15-23)27-22-25-24-21(26(22)19-11-3-2-4-12-19)14-18-10-7-9-17-8-5-6-13-20(17)18/h5-10,13,16,19H,2-4,11-12,14H2,1H3/t16-/m1/s1. The minimum absolute atomic E-state index is 0.123. The molecule has 0 aliphatic heterocycles. The van der Waals surface area contributed by atoms with Crippen LogP contribution in [0.25, 0.3) is 10.8 Å². The second kappa shape index (κ2) is 8.14. The van der Waals surface area contributed by atoms with E-state index in [1.807, 2.05) is 6.92 Å². The Bertz CT molecular complexity index is 961. The lowest BCUT2D eigenvalue weighted by atomic mass is 9.95. The second-order valence-electron chi connectivity index (χ2n) is 7.26. The van der Waals surface area contributed by atoms with Gasteiger partial charge in [0.15, 0.2) is 5.16 Å². The molecular formula is C22H24N4S. The van der Waals surface area contributed by atoms with Gasteiger partial charge in [0.1, 0.15) is 5.82 Å². The number of benzene rings is 2. The van der Waals surface area contributed by atoms with Crippen molar-refractivity contribution in [3.05, 3.63) is 53.9 Å². The lowest BCUT2D eigenvalue weighted by Gasteiger charge is -2.26. The van der Waals surface area contributed by atoms with Gasteiger partial charge in [0.2, 0.25) is 0 Å². The van der Waals surface area contributed by atoms with Crippen LogP contribution < -0.4 is 0 Å². The van der Waals surface area contributed by atoms with Crippen LogP contribution >= 0.6 is 11.8 Å². The van der Waals surface area contributed by atoms with Gasteiger partial charge in [-0.3, -0.25) is 0 Å². The monoisotopic (exact) mass is 376 g/mol. The van der Waals surface area contributed by atoms with Gasteiger partial charge in [-0.25, -0.2) is 0 Å². The van der Waals surface area contributed by atoms with Gasteiger partial charge in [-0.15, -0.1) is 10.2 Å². The van der Waals surface area contributed by atoms with Gasteiger partial charge in [0, 0.05) is 12.5 Å². The third kappa shape index (κ3) is 3.86. The van der Waals surface area contributed by atoms with Gasteiger partial charge in [-0.05, 0) is 36.1 Å². The summed E-state index contributed by atoms with van der Waals surface area (Å²) in [6.07, 6.45) is 6.95. The Morgan fingerprint density at radius 3 is 2.70 bits per heavy atom. The first-order valence-corrected chi connectivity index (χ1v) is 10.6. The highest BCUT2D eigenvalue weighted by atomic mass is 32.2. The van der Waals surface area contributed by atoms with Crippen molar-refractivity contribution in [2.24, 2.45) is 0 Å². The Hall–Kier alpha value is -2.32. The summed E-state index contributed by atoms with van der Waals surface area (Å²) in [4.78, 5) is 0. The van der Waals surface area contributed by atoms with Crippen molar-refractivity contribution in [2.45, 2.75) is 61.9 Å². The van der Waals surface area contributed by atoms with Crippen LogP contribution in [0.2, 0.25) is 0 Å². The molecule has 1 aliphatic rings. The van der Waals surface area contributed by atoms with Crippen LogP contribution in [-0.2, 0) is 6.42 Å². The lowest BCUT2D eigenvalue weighted by molar-refractivity contribution is 0.330. The Balaban J connectivity index is 1.72. The molecule has 0 N–H and O–H groups in total. The predicted molar refractivity (Wildman–Crippen MR) is 110 cm³/mol. The fourth-order valence-electron chi connectivity index (χ4n) is 4.02. The van der Waals surface area contributed by atoms with Crippen LogP contribution in [0.4, 0.5) is 0 Å². The highest BCUT2D eigenvalue weighted by Crippen LogP contribution is 2.34. The van der Waals surface area contributed by atoms with Gasteiger partial charge < -0.3 is 4.57 Å². The summed E-state index contributed by atoms with van der Waals surface area (Å²) in [5, 5.41) is 21.6. The second-order valence-corrected chi connectivity index (χ2v) is 8.57. The third-order valence-corrected chi connectivity index (χ3v) is 6.32. The van der Waals surface area contributed by atoms with E-state index in [0.29, 0.717) is 6.04 Å². The summed E-state index contributed by atoms with van der Waals surface area (Å²) >= 11 is 1.53. The number of rotatable bonds is 5. The first kappa shape index (κ1) is 18.1. The van der Waals surface area contributed by atoms with Gasteiger partial charge in [-0.2, -0.15) is 5.26 Å². The van der Waals surface area contributed by atoms with Crippen molar-refractivity contribution in [1.82, 2.24) is 14.8 Å². The topological polar surface area (TPSA) is 54.5 Å². The minimum atomic E-state index is -0.123. The number of thioether (sulfide) groups is 1. The van der Waals surface area contributed by atoms with Crippen LogP contribution in [0.15, 0.2) is 47.6 Å². The molecule has 1 heterocycles. The van der Waals surface area contributed by atoms with Crippen LogP contribution in [0, 0.1) is 11.3 Å². The molecule has 0 spiro atoms. The van der Waals surface area contributed by atoms with Crippen molar-refractivity contribution in [3.8, 4) is 6.07 Å². The molecule has 1 atom stereocenters. The summed E-state index contributed by atoms with van der Waals surface area (Å²) < 4.78 is 2.33. The van der Waals surface area contributed by atoms with Gasteiger partial charge in [-0.1, -0.05) is 73.5 Å². The molecule has 3 aromatic rings. The van der Waals surface area contributed by atoms with E-state index >= 15 is 0 Å². The normalized spacial score (nSPS) is 16.3. The molecule has 0 unspecified atom stereocenters. The molecule has 2 aromatic carbocycles. The van der Waals surface area contributed by atoms with E-state index in [9.17, 15) is 5.26 Å². The van der Waals surface area contributed by atoms with E-state index in [0.717, 1.165) is 17.4 Å². The van der Waals surface area contributed by atoms with E-state index in [2.05, 4.69) is 63.3 Å².